The summed E-state index contributed by atoms with van der Waals surface area (Å²) in [5.74, 6) is 0.936. The second-order valence-electron chi connectivity index (χ2n) is 8.55. The number of allylic oxidation sites excluding steroid dienone is 1. The van der Waals surface area contributed by atoms with Crippen LogP contribution in [0.25, 0.3) is 0 Å². The van der Waals surface area contributed by atoms with Crippen LogP contribution in [0.1, 0.15) is 50.2 Å². The van der Waals surface area contributed by atoms with Crippen LogP contribution in [0, 0.1) is 5.92 Å². The zero-order chi connectivity index (χ0) is 19.4. The first kappa shape index (κ1) is 19.3. The number of nitrogens with zero attached hydrogens (tertiary/aromatic N) is 1. The van der Waals surface area contributed by atoms with Crippen LogP contribution in [-0.2, 0) is 11.8 Å². The van der Waals surface area contributed by atoms with Crippen LogP contribution in [0.15, 0.2) is 66.7 Å². The molecular formula is C26H33NO. The van der Waals surface area contributed by atoms with Crippen LogP contribution in [0.3, 0.4) is 0 Å². The predicted molar refractivity (Wildman–Crippen MR) is 117 cm³/mol. The number of hydrogen-bond acceptors (Lipinski definition) is 2. The molecule has 28 heavy (non-hydrogen) atoms. The first-order chi connectivity index (χ1) is 13.7. The molecule has 1 aliphatic carbocycles. The SMILES string of the molecule is CC/C=C/[C@@H]1[C@H]2CCC[C@]1(c1cccc(O)c1)CCN2CCc1ccccc1. The van der Waals surface area contributed by atoms with E-state index in [4.69, 9.17) is 0 Å². The predicted octanol–water partition coefficient (Wildman–Crippen LogP) is 5.71. The highest BCUT2D eigenvalue weighted by atomic mass is 16.3. The third-order valence-electron chi connectivity index (χ3n) is 7.02. The summed E-state index contributed by atoms with van der Waals surface area (Å²) in [6, 6.07) is 19.6. The summed E-state index contributed by atoms with van der Waals surface area (Å²) >= 11 is 0. The van der Waals surface area contributed by atoms with E-state index in [1.54, 1.807) is 6.07 Å². The standard InChI is InChI=1S/C26H33NO/c1-2-3-13-24-25-14-8-16-26(24,22-11-7-12-23(28)20-22)17-19-27(25)18-15-21-9-5-4-6-10-21/h3-7,9-13,20,24-25,28H,2,8,14-19H2,1H3/b13-3+/t24-,25-,26-/m1/s1. The molecule has 0 amide bonds. The minimum Gasteiger partial charge on any atom is -0.508 e. The molecule has 0 aromatic heterocycles. The van der Waals surface area contributed by atoms with Crippen LogP contribution in [-0.4, -0.2) is 29.1 Å². The summed E-state index contributed by atoms with van der Waals surface area (Å²) < 4.78 is 0. The Morgan fingerprint density at radius 1 is 1.11 bits per heavy atom. The first-order valence-electron chi connectivity index (χ1n) is 11.0. The van der Waals surface area contributed by atoms with Gasteiger partial charge >= 0.3 is 0 Å². The average Bonchev–Trinajstić information content (AvgIpc) is 2.72. The van der Waals surface area contributed by atoms with Gasteiger partial charge in [-0.2, -0.15) is 0 Å². The molecule has 2 nitrogen and oxygen atoms in total. The molecule has 0 spiro atoms. The minimum atomic E-state index is 0.177. The van der Waals surface area contributed by atoms with Crippen molar-refractivity contribution in [3.05, 3.63) is 77.9 Å². The van der Waals surface area contributed by atoms with Gasteiger partial charge in [0.05, 0.1) is 0 Å². The topological polar surface area (TPSA) is 23.5 Å². The van der Waals surface area contributed by atoms with Crippen molar-refractivity contribution in [2.45, 2.75) is 56.9 Å². The second kappa shape index (κ2) is 8.53. The highest BCUT2D eigenvalue weighted by molar-refractivity contribution is 5.37. The molecular weight excluding hydrogens is 342 g/mol. The molecule has 1 saturated carbocycles. The third-order valence-corrected chi connectivity index (χ3v) is 7.02. The Morgan fingerprint density at radius 2 is 1.96 bits per heavy atom. The van der Waals surface area contributed by atoms with Crippen LogP contribution >= 0.6 is 0 Å². The van der Waals surface area contributed by atoms with E-state index in [1.165, 1.54) is 36.8 Å². The molecule has 0 unspecified atom stereocenters. The lowest BCUT2D eigenvalue weighted by Gasteiger charge is -2.56. The molecule has 2 fully saturated rings. The Balaban J connectivity index is 1.60. The van der Waals surface area contributed by atoms with E-state index in [9.17, 15) is 5.11 Å². The van der Waals surface area contributed by atoms with Gasteiger partial charge in [-0.3, -0.25) is 4.90 Å². The number of likely N-dealkylation sites (tertiary alicyclic amines) is 1. The normalized spacial score (nSPS) is 27.9. The van der Waals surface area contributed by atoms with Gasteiger partial charge in [-0.1, -0.05) is 68.0 Å². The fourth-order valence-electron chi connectivity index (χ4n) is 5.64. The number of piperidine rings is 1. The highest BCUT2D eigenvalue weighted by Crippen LogP contribution is 2.52. The summed E-state index contributed by atoms with van der Waals surface area (Å²) in [6.07, 6.45) is 12.1. The molecule has 0 radical (unpaired) electrons. The summed E-state index contributed by atoms with van der Waals surface area (Å²) in [6.45, 7) is 4.52. The quantitative estimate of drug-likeness (QED) is 0.653. The van der Waals surface area contributed by atoms with Crippen molar-refractivity contribution >= 4 is 0 Å². The number of rotatable bonds is 6. The highest BCUT2D eigenvalue weighted by Gasteiger charge is 2.50. The van der Waals surface area contributed by atoms with E-state index in [1.807, 2.05) is 12.1 Å². The Morgan fingerprint density at radius 3 is 2.75 bits per heavy atom. The molecule has 2 bridgehead atoms. The van der Waals surface area contributed by atoms with Gasteiger partial charge < -0.3 is 5.11 Å². The number of phenolic OH excluding ortho intramolecular Hbond substituents is 1. The Hall–Kier alpha value is -2.06. The molecule has 2 aromatic carbocycles. The minimum absolute atomic E-state index is 0.177. The monoisotopic (exact) mass is 375 g/mol. The fraction of sp³-hybridized carbons (Fsp3) is 0.462. The van der Waals surface area contributed by atoms with E-state index < -0.39 is 0 Å². The number of fused-ring (bicyclic) bond motifs is 2. The number of benzene rings is 2. The lowest BCUT2D eigenvalue weighted by Crippen LogP contribution is -2.58. The van der Waals surface area contributed by atoms with Crippen molar-refractivity contribution in [3.63, 3.8) is 0 Å². The van der Waals surface area contributed by atoms with E-state index in [0.29, 0.717) is 17.7 Å². The van der Waals surface area contributed by atoms with E-state index in [2.05, 4.69) is 60.4 Å². The van der Waals surface area contributed by atoms with E-state index in [-0.39, 0.29) is 5.41 Å². The first-order valence-corrected chi connectivity index (χ1v) is 11.0. The van der Waals surface area contributed by atoms with Gasteiger partial charge in [-0.25, -0.2) is 0 Å². The summed E-state index contributed by atoms with van der Waals surface area (Å²) in [7, 11) is 0. The van der Waals surface area contributed by atoms with Gasteiger partial charge in [0.15, 0.2) is 0 Å². The van der Waals surface area contributed by atoms with Crippen LogP contribution in [0.2, 0.25) is 0 Å². The zero-order valence-electron chi connectivity index (χ0n) is 17.1. The van der Waals surface area contributed by atoms with Gasteiger partial charge in [0.1, 0.15) is 5.75 Å². The number of hydrogen-bond donors (Lipinski definition) is 1. The summed E-state index contributed by atoms with van der Waals surface area (Å²) in [4.78, 5) is 2.75. The molecule has 3 atom stereocenters. The molecule has 2 heteroatoms. The Bertz CT molecular complexity index is 799. The van der Waals surface area contributed by atoms with Crippen LogP contribution in [0.5, 0.6) is 5.75 Å². The molecule has 1 aliphatic heterocycles. The van der Waals surface area contributed by atoms with Gasteiger partial charge in [0.2, 0.25) is 0 Å². The number of aromatic hydroxyl groups is 1. The Labute approximate surface area is 169 Å². The van der Waals surface area contributed by atoms with Crippen molar-refractivity contribution in [2.24, 2.45) is 5.92 Å². The van der Waals surface area contributed by atoms with E-state index >= 15 is 0 Å². The van der Waals surface area contributed by atoms with E-state index in [0.717, 1.165) is 25.9 Å². The van der Waals surface area contributed by atoms with Gasteiger partial charge in [0.25, 0.3) is 0 Å². The summed E-state index contributed by atoms with van der Waals surface area (Å²) in [5.41, 5.74) is 2.95. The second-order valence-corrected chi connectivity index (χ2v) is 8.55. The van der Waals surface area contributed by atoms with Crippen molar-refractivity contribution < 1.29 is 5.11 Å². The van der Waals surface area contributed by atoms with Gasteiger partial charge in [-0.15, -0.1) is 0 Å². The molecule has 148 valence electrons. The van der Waals surface area contributed by atoms with Crippen molar-refractivity contribution in [1.29, 1.82) is 0 Å². The number of phenols is 1. The van der Waals surface area contributed by atoms with Crippen LogP contribution < -0.4 is 0 Å². The average molecular weight is 376 g/mol. The lowest BCUT2D eigenvalue weighted by atomic mass is 9.56. The third kappa shape index (κ3) is 3.75. The molecule has 1 heterocycles. The van der Waals surface area contributed by atoms with Crippen molar-refractivity contribution in [3.8, 4) is 5.75 Å². The fourth-order valence-corrected chi connectivity index (χ4v) is 5.64. The Kier molecular flexibility index (Phi) is 5.87. The van der Waals surface area contributed by atoms with Crippen LogP contribution in [0.4, 0.5) is 0 Å². The lowest BCUT2D eigenvalue weighted by molar-refractivity contribution is 0.0113. The molecule has 1 N–H and O–H groups in total. The molecule has 1 saturated heterocycles. The molecule has 2 aliphatic rings. The maximum atomic E-state index is 10.1. The summed E-state index contributed by atoms with van der Waals surface area (Å²) in [5, 5.41) is 10.1. The zero-order valence-corrected chi connectivity index (χ0v) is 17.1. The van der Waals surface area contributed by atoms with Gasteiger partial charge in [0, 0.05) is 23.9 Å². The maximum absolute atomic E-state index is 10.1. The van der Waals surface area contributed by atoms with Gasteiger partial charge in [-0.05, 0) is 61.9 Å². The largest absolute Gasteiger partial charge is 0.508 e. The molecule has 4 rings (SSSR count). The smallest absolute Gasteiger partial charge is 0.115 e. The molecule has 2 aromatic rings. The van der Waals surface area contributed by atoms with Crippen molar-refractivity contribution in [1.82, 2.24) is 4.90 Å². The van der Waals surface area contributed by atoms with Crippen molar-refractivity contribution in [2.75, 3.05) is 13.1 Å². The maximum Gasteiger partial charge on any atom is 0.115 e.